The molecule has 2 aromatic rings. The fourth-order valence-electron chi connectivity index (χ4n) is 1.75. The molecule has 0 aliphatic rings. The summed E-state index contributed by atoms with van der Waals surface area (Å²) in [5.41, 5.74) is 0.269. The molecule has 1 amide bonds. The van der Waals surface area contributed by atoms with Crippen LogP contribution < -0.4 is 5.32 Å². The highest BCUT2D eigenvalue weighted by molar-refractivity contribution is 6.05. The molecule has 0 saturated heterocycles. The molecule has 110 valence electrons. The number of hydrogen-bond donors (Lipinski definition) is 2. The van der Waals surface area contributed by atoms with Crippen LogP contribution in [0.3, 0.4) is 0 Å². The number of carbonyl (C=O) groups is 1. The van der Waals surface area contributed by atoms with E-state index >= 15 is 0 Å². The summed E-state index contributed by atoms with van der Waals surface area (Å²) in [6, 6.07) is 8.54. The van der Waals surface area contributed by atoms with Gasteiger partial charge in [0, 0.05) is 5.56 Å². The van der Waals surface area contributed by atoms with E-state index in [2.05, 4.69) is 5.32 Å². The Kier molecular flexibility index (Phi) is 3.88. The summed E-state index contributed by atoms with van der Waals surface area (Å²) in [4.78, 5) is 11.9. The van der Waals surface area contributed by atoms with Crippen LogP contribution in [0.4, 0.5) is 18.9 Å². The molecule has 6 heteroatoms. The van der Waals surface area contributed by atoms with Gasteiger partial charge in [-0.2, -0.15) is 13.2 Å². The molecule has 0 heterocycles. The van der Waals surface area contributed by atoms with Crippen LogP contribution in [0.5, 0.6) is 5.75 Å². The average molecular weight is 295 g/mol. The van der Waals surface area contributed by atoms with Gasteiger partial charge in [-0.25, -0.2) is 0 Å². The summed E-state index contributed by atoms with van der Waals surface area (Å²) >= 11 is 0. The van der Waals surface area contributed by atoms with Gasteiger partial charge in [0.2, 0.25) is 0 Å². The molecule has 0 fully saturated rings. The van der Waals surface area contributed by atoms with Crippen LogP contribution in [0.2, 0.25) is 0 Å². The number of alkyl halides is 3. The zero-order valence-electron chi connectivity index (χ0n) is 11.0. The first-order valence-electron chi connectivity index (χ1n) is 6.05. The Morgan fingerprint density at radius 1 is 1.10 bits per heavy atom. The van der Waals surface area contributed by atoms with Crippen LogP contribution in [-0.4, -0.2) is 11.0 Å². The van der Waals surface area contributed by atoms with Crippen LogP contribution >= 0.6 is 0 Å². The molecule has 0 aromatic heterocycles. The Hall–Kier alpha value is -2.50. The van der Waals surface area contributed by atoms with Crippen molar-refractivity contribution >= 4 is 11.6 Å². The molecule has 0 radical (unpaired) electrons. The van der Waals surface area contributed by atoms with Crippen molar-refractivity contribution in [3.8, 4) is 5.75 Å². The van der Waals surface area contributed by atoms with E-state index in [9.17, 15) is 23.1 Å². The first kappa shape index (κ1) is 14.9. The lowest BCUT2D eigenvalue weighted by molar-refractivity contribution is -0.137. The quantitative estimate of drug-likeness (QED) is 0.824. The van der Waals surface area contributed by atoms with Crippen molar-refractivity contribution in [3.63, 3.8) is 0 Å². The standard InChI is InChI=1S/C15H12F3NO2/c1-9-2-7-12(13(20)8-9)19-14(21)10-3-5-11(6-4-10)15(16,17)18/h2-8,20H,1H3,(H,19,21). The highest BCUT2D eigenvalue weighted by atomic mass is 19.4. The summed E-state index contributed by atoms with van der Waals surface area (Å²) in [7, 11) is 0. The van der Waals surface area contributed by atoms with Crippen LogP contribution in [0.15, 0.2) is 42.5 Å². The minimum absolute atomic E-state index is 0.0722. The normalized spacial score (nSPS) is 11.2. The second kappa shape index (κ2) is 5.47. The Balaban J connectivity index is 2.17. The lowest BCUT2D eigenvalue weighted by Crippen LogP contribution is -2.13. The van der Waals surface area contributed by atoms with Gasteiger partial charge in [-0.05, 0) is 48.9 Å². The Labute approximate surface area is 119 Å². The third kappa shape index (κ3) is 3.53. The van der Waals surface area contributed by atoms with Gasteiger partial charge in [-0.15, -0.1) is 0 Å². The smallest absolute Gasteiger partial charge is 0.416 e. The number of anilines is 1. The van der Waals surface area contributed by atoms with Crippen molar-refractivity contribution in [1.82, 2.24) is 0 Å². The number of phenols is 1. The molecule has 0 bridgehead atoms. The lowest BCUT2D eigenvalue weighted by Gasteiger charge is -2.09. The summed E-state index contributed by atoms with van der Waals surface area (Å²) < 4.78 is 37.3. The van der Waals surface area contributed by atoms with Gasteiger partial charge in [-0.1, -0.05) is 6.07 Å². The summed E-state index contributed by atoms with van der Waals surface area (Å²) in [5.74, 6) is -0.696. The second-order valence-corrected chi connectivity index (χ2v) is 4.55. The largest absolute Gasteiger partial charge is 0.506 e. The number of hydrogen-bond acceptors (Lipinski definition) is 2. The number of aromatic hydroxyl groups is 1. The van der Waals surface area contributed by atoms with Gasteiger partial charge in [0.05, 0.1) is 11.3 Å². The maximum atomic E-state index is 12.4. The van der Waals surface area contributed by atoms with Gasteiger partial charge >= 0.3 is 6.18 Å². The van der Waals surface area contributed by atoms with E-state index in [1.165, 1.54) is 12.1 Å². The van der Waals surface area contributed by atoms with Crippen molar-refractivity contribution in [1.29, 1.82) is 0 Å². The number of aryl methyl sites for hydroxylation is 1. The van der Waals surface area contributed by atoms with Gasteiger partial charge in [-0.3, -0.25) is 4.79 Å². The predicted molar refractivity (Wildman–Crippen MR) is 72.2 cm³/mol. The number of nitrogens with one attached hydrogen (secondary N) is 1. The molecule has 3 nitrogen and oxygen atoms in total. The first-order valence-corrected chi connectivity index (χ1v) is 6.05. The molecule has 0 saturated carbocycles. The molecule has 21 heavy (non-hydrogen) atoms. The van der Waals surface area contributed by atoms with Crippen LogP contribution in [-0.2, 0) is 6.18 Å². The summed E-state index contributed by atoms with van der Waals surface area (Å²) in [6.07, 6.45) is -4.44. The molecular weight excluding hydrogens is 283 g/mol. The van der Waals surface area contributed by atoms with E-state index in [0.717, 1.165) is 29.8 Å². The molecule has 2 rings (SSSR count). The molecule has 0 aliphatic heterocycles. The van der Waals surface area contributed by atoms with Crippen LogP contribution in [0, 0.1) is 6.92 Å². The monoisotopic (exact) mass is 295 g/mol. The van der Waals surface area contributed by atoms with Crippen LogP contribution in [0.1, 0.15) is 21.5 Å². The predicted octanol–water partition coefficient (Wildman–Crippen LogP) is 3.97. The third-order valence-electron chi connectivity index (χ3n) is 2.88. The number of halogens is 3. The lowest BCUT2D eigenvalue weighted by atomic mass is 10.1. The minimum atomic E-state index is -4.44. The Bertz CT molecular complexity index is 664. The van der Waals surface area contributed by atoms with Gasteiger partial charge in [0.1, 0.15) is 5.75 Å². The first-order chi connectivity index (χ1) is 9.77. The molecule has 0 unspecified atom stereocenters. The fraction of sp³-hybridized carbons (Fsp3) is 0.133. The zero-order chi connectivity index (χ0) is 15.6. The van der Waals surface area contributed by atoms with Crippen LogP contribution in [0.25, 0.3) is 0 Å². The number of phenolic OH excluding ortho intramolecular Hbond substituents is 1. The summed E-state index contributed by atoms with van der Waals surface area (Å²) in [5, 5.41) is 12.1. The highest BCUT2D eigenvalue weighted by Gasteiger charge is 2.30. The van der Waals surface area contributed by atoms with Gasteiger partial charge < -0.3 is 10.4 Å². The number of carbonyl (C=O) groups excluding carboxylic acids is 1. The minimum Gasteiger partial charge on any atom is -0.506 e. The molecule has 2 aromatic carbocycles. The molecule has 0 atom stereocenters. The van der Waals surface area contributed by atoms with Crippen molar-refractivity contribution < 1.29 is 23.1 Å². The fourth-order valence-corrected chi connectivity index (χ4v) is 1.75. The Morgan fingerprint density at radius 3 is 2.24 bits per heavy atom. The van der Waals surface area contributed by atoms with E-state index < -0.39 is 17.6 Å². The third-order valence-corrected chi connectivity index (χ3v) is 2.88. The van der Waals surface area contributed by atoms with E-state index in [0.29, 0.717) is 0 Å². The van der Waals surface area contributed by atoms with E-state index in [-0.39, 0.29) is 17.0 Å². The van der Waals surface area contributed by atoms with Crippen molar-refractivity contribution in [3.05, 3.63) is 59.2 Å². The van der Waals surface area contributed by atoms with E-state index in [1.54, 1.807) is 13.0 Å². The van der Waals surface area contributed by atoms with E-state index in [1.807, 2.05) is 0 Å². The SMILES string of the molecule is Cc1ccc(NC(=O)c2ccc(C(F)(F)F)cc2)c(O)c1. The topological polar surface area (TPSA) is 49.3 Å². The number of rotatable bonds is 2. The maximum absolute atomic E-state index is 12.4. The molecule has 2 N–H and O–H groups in total. The maximum Gasteiger partial charge on any atom is 0.416 e. The van der Waals surface area contributed by atoms with Crippen molar-refractivity contribution in [2.45, 2.75) is 13.1 Å². The second-order valence-electron chi connectivity index (χ2n) is 4.55. The number of amides is 1. The van der Waals surface area contributed by atoms with E-state index in [4.69, 9.17) is 0 Å². The Morgan fingerprint density at radius 2 is 1.71 bits per heavy atom. The van der Waals surface area contributed by atoms with Gasteiger partial charge in [0.15, 0.2) is 0 Å². The zero-order valence-corrected chi connectivity index (χ0v) is 11.0. The molecule has 0 spiro atoms. The highest BCUT2D eigenvalue weighted by Crippen LogP contribution is 2.29. The summed E-state index contributed by atoms with van der Waals surface area (Å²) in [6.45, 7) is 1.78. The molecular formula is C15H12F3NO2. The van der Waals surface area contributed by atoms with Crippen molar-refractivity contribution in [2.75, 3.05) is 5.32 Å². The molecule has 0 aliphatic carbocycles. The average Bonchev–Trinajstić information content (AvgIpc) is 2.41. The number of benzene rings is 2. The van der Waals surface area contributed by atoms with Gasteiger partial charge in [0.25, 0.3) is 5.91 Å². The van der Waals surface area contributed by atoms with Crippen molar-refractivity contribution in [2.24, 2.45) is 0 Å².